The Balaban J connectivity index is 1.88. The fraction of sp³-hybridized carbons (Fsp3) is 0.125. The monoisotopic (exact) mass is 249 g/mol. The van der Waals surface area contributed by atoms with Gasteiger partial charge in [0.2, 0.25) is 5.84 Å². The molecule has 1 unspecified atom stereocenters. The fourth-order valence-corrected chi connectivity index (χ4v) is 2.96. The number of amidine groups is 1. The molecular weight excluding hydrogens is 236 g/mol. The number of rotatable bonds is 0. The van der Waals surface area contributed by atoms with Crippen LogP contribution >= 0.6 is 0 Å². The van der Waals surface area contributed by atoms with Crippen molar-refractivity contribution in [1.82, 2.24) is 0 Å². The van der Waals surface area contributed by atoms with Crippen molar-refractivity contribution < 1.29 is 9.69 Å². The highest BCUT2D eigenvalue weighted by atomic mass is 16.1. The molecule has 0 bridgehead atoms. The van der Waals surface area contributed by atoms with Crippen LogP contribution in [0.25, 0.3) is 0 Å². The van der Waals surface area contributed by atoms with Crippen LogP contribution in [0.1, 0.15) is 21.5 Å². The van der Waals surface area contributed by atoms with Crippen LogP contribution < -0.4 is 4.90 Å². The second kappa shape index (κ2) is 3.87. The molecule has 0 spiro atoms. The molecule has 0 aliphatic carbocycles. The fourth-order valence-electron chi connectivity index (χ4n) is 2.96. The molecule has 0 saturated heterocycles. The second-order valence-corrected chi connectivity index (χ2v) is 5.01. The highest BCUT2D eigenvalue weighted by molar-refractivity contribution is 6.07. The first kappa shape index (κ1) is 10.6. The Kier molecular flexibility index (Phi) is 2.17. The lowest BCUT2D eigenvalue weighted by atomic mass is 9.96. The summed E-state index contributed by atoms with van der Waals surface area (Å²) in [5, 5.41) is 0. The minimum absolute atomic E-state index is 0.103. The van der Waals surface area contributed by atoms with E-state index in [1.807, 2.05) is 30.3 Å². The van der Waals surface area contributed by atoms with E-state index in [-0.39, 0.29) is 5.91 Å². The number of nitrogens with one attached hydrogen (secondary N) is 1. The lowest BCUT2D eigenvalue weighted by Crippen LogP contribution is -3.10. The first-order chi connectivity index (χ1) is 9.33. The zero-order valence-corrected chi connectivity index (χ0v) is 10.4. The maximum absolute atomic E-state index is 12.1. The second-order valence-electron chi connectivity index (χ2n) is 5.01. The van der Waals surface area contributed by atoms with Crippen molar-refractivity contribution in [2.75, 3.05) is 0 Å². The van der Waals surface area contributed by atoms with Gasteiger partial charge in [-0.2, -0.15) is 4.99 Å². The molecule has 0 fully saturated rings. The van der Waals surface area contributed by atoms with Gasteiger partial charge in [0.1, 0.15) is 12.1 Å². The average Bonchev–Trinajstić information content (AvgIpc) is 2.46. The van der Waals surface area contributed by atoms with E-state index in [2.05, 4.69) is 23.2 Å². The summed E-state index contributed by atoms with van der Waals surface area (Å²) >= 11 is 0. The Morgan fingerprint density at radius 1 is 0.947 bits per heavy atom. The largest absolute Gasteiger partial charge is 0.287 e. The highest BCUT2D eigenvalue weighted by Crippen LogP contribution is 2.20. The summed E-state index contributed by atoms with van der Waals surface area (Å²) in [5.74, 6) is 0.844. The molecule has 2 aromatic carbocycles. The molecular formula is C16H13N2O+. The van der Waals surface area contributed by atoms with Gasteiger partial charge in [-0.25, -0.2) is 0 Å². The van der Waals surface area contributed by atoms with Gasteiger partial charge in [0.05, 0.1) is 6.42 Å². The van der Waals surface area contributed by atoms with Crippen LogP contribution in [-0.2, 0) is 13.0 Å². The predicted molar refractivity (Wildman–Crippen MR) is 72.7 cm³/mol. The van der Waals surface area contributed by atoms with E-state index in [0.717, 1.165) is 30.1 Å². The summed E-state index contributed by atoms with van der Waals surface area (Å²) in [7, 11) is 0. The minimum Gasteiger partial charge on any atom is -0.266 e. The van der Waals surface area contributed by atoms with Gasteiger partial charge in [-0.3, -0.25) is 9.69 Å². The van der Waals surface area contributed by atoms with Gasteiger partial charge in [-0.1, -0.05) is 36.4 Å². The maximum atomic E-state index is 12.1. The zero-order valence-electron chi connectivity index (χ0n) is 10.4. The van der Waals surface area contributed by atoms with Crippen LogP contribution in [0, 0.1) is 0 Å². The smallest absolute Gasteiger partial charge is 0.266 e. The maximum Gasteiger partial charge on any atom is 0.287 e. The Morgan fingerprint density at radius 2 is 1.68 bits per heavy atom. The summed E-state index contributed by atoms with van der Waals surface area (Å²) in [6.07, 6.45) is 0.769. The van der Waals surface area contributed by atoms with E-state index >= 15 is 0 Å². The molecule has 1 amide bonds. The summed E-state index contributed by atoms with van der Waals surface area (Å²) in [5.41, 5.74) is 4.44. The SMILES string of the molecule is O=C1N=C2Cc3ccccc3C[NH+]2c2ccccc21. The number of carbonyl (C=O) groups is 1. The van der Waals surface area contributed by atoms with Crippen LogP contribution in [0.15, 0.2) is 53.5 Å². The highest BCUT2D eigenvalue weighted by Gasteiger charge is 2.35. The van der Waals surface area contributed by atoms with E-state index in [4.69, 9.17) is 0 Å². The van der Waals surface area contributed by atoms with Crippen molar-refractivity contribution in [3.63, 3.8) is 0 Å². The first-order valence-electron chi connectivity index (χ1n) is 6.47. The number of amides is 1. The van der Waals surface area contributed by atoms with Crippen molar-refractivity contribution in [3.8, 4) is 0 Å². The molecule has 1 atom stereocenters. The number of hydrogen-bond donors (Lipinski definition) is 1. The van der Waals surface area contributed by atoms with Crippen LogP contribution in [0.2, 0.25) is 0 Å². The van der Waals surface area contributed by atoms with Crippen LogP contribution in [0.4, 0.5) is 5.69 Å². The number of fused-ring (bicyclic) bond motifs is 4. The van der Waals surface area contributed by atoms with Crippen molar-refractivity contribution >= 4 is 17.4 Å². The predicted octanol–water partition coefficient (Wildman–Crippen LogP) is 1.51. The van der Waals surface area contributed by atoms with E-state index in [1.54, 1.807) is 0 Å². The average molecular weight is 249 g/mol. The van der Waals surface area contributed by atoms with E-state index in [1.165, 1.54) is 16.0 Å². The lowest BCUT2D eigenvalue weighted by Gasteiger charge is -2.29. The number of carbonyl (C=O) groups excluding carboxylic acids is 1. The van der Waals surface area contributed by atoms with Crippen molar-refractivity contribution in [2.45, 2.75) is 13.0 Å². The first-order valence-corrected chi connectivity index (χ1v) is 6.47. The third-order valence-corrected chi connectivity index (χ3v) is 3.91. The molecule has 3 heteroatoms. The summed E-state index contributed by atoms with van der Waals surface area (Å²) in [6, 6.07) is 16.2. The minimum atomic E-state index is -0.103. The molecule has 3 nitrogen and oxygen atoms in total. The summed E-state index contributed by atoms with van der Waals surface area (Å²) in [4.78, 5) is 17.6. The number of aliphatic imine (C=N–C) groups is 1. The Labute approximate surface area is 111 Å². The van der Waals surface area contributed by atoms with Gasteiger partial charge < -0.3 is 0 Å². The van der Waals surface area contributed by atoms with Gasteiger partial charge in [-0.05, 0) is 11.6 Å². The van der Waals surface area contributed by atoms with Crippen molar-refractivity contribution in [1.29, 1.82) is 0 Å². The quantitative estimate of drug-likeness (QED) is 0.754. The third-order valence-electron chi connectivity index (χ3n) is 3.91. The molecule has 4 rings (SSSR count). The molecule has 19 heavy (non-hydrogen) atoms. The molecule has 0 saturated carbocycles. The Hall–Kier alpha value is -2.26. The Bertz CT molecular complexity index is 718. The van der Waals surface area contributed by atoms with Crippen molar-refractivity contribution in [3.05, 3.63) is 65.2 Å². The number of benzene rings is 2. The summed E-state index contributed by atoms with van der Waals surface area (Å²) in [6.45, 7) is 0.874. The van der Waals surface area contributed by atoms with Gasteiger partial charge in [0.25, 0.3) is 5.91 Å². The van der Waals surface area contributed by atoms with E-state index in [0.29, 0.717) is 0 Å². The molecule has 0 radical (unpaired) electrons. The van der Waals surface area contributed by atoms with Gasteiger partial charge >= 0.3 is 0 Å². The topological polar surface area (TPSA) is 33.9 Å². The molecule has 0 aromatic heterocycles. The van der Waals surface area contributed by atoms with Gasteiger partial charge in [0, 0.05) is 11.6 Å². The van der Waals surface area contributed by atoms with Crippen LogP contribution in [-0.4, -0.2) is 11.7 Å². The number of para-hydroxylation sites is 1. The summed E-state index contributed by atoms with van der Waals surface area (Å²) < 4.78 is 0. The standard InChI is InChI=1S/C16H12N2O/c19-16-13-7-3-4-8-14(13)18-10-12-6-2-1-5-11(12)9-15(18)17-16/h1-8H,9-10H2/p+1. The van der Waals surface area contributed by atoms with E-state index in [9.17, 15) is 4.79 Å². The van der Waals surface area contributed by atoms with Gasteiger partial charge in [0.15, 0.2) is 5.69 Å². The van der Waals surface area contributed by atoms with Crippen LogP contribution in [0.3, 0.4) is 0 Å². The molecule has 92 valence electrons. The molecule has 2 aliphatic heterocycles. The molecule has 2 heterocycles. The molecule has 1 N–H and O–H groups in total. The van der Waals surface area contributed by atoms with E-state index < -0.39 is 0 Å². The molecule has 2 aliphatic rings. The van der Waals surface area contributed by atoms with Crippen LogP contribution in [0.5, 0.6) is 0 Å². The Morgan fingerprint density at radius 3 is 2.58 bits per heavy atom. The van der Waals surface area contributed by atoms with Gasteiger partial charge in [-0.15, -0.1) is 0 Å². The van der Waals surface area contributed by atoms with Crippen molar-refractivity contribution in [2.24, 2.45) is 4.99 Å². The third kappa shape index (κ3) is 1.55. The number of nitrogens with zero attached hydrogens (tertiary/aromatic N) is 1. The number of quaternary nitrogens is 1. The lowest BCUT2D eigenvalue weighted by molar-refractivity contribution is -0.751. The normalized spacial score (nSPS) is 20.1. The molecule has 2 aromatic rings. The zero-order chi connectivity index (χ0) is 12.8. The number of hydrogen-bond acceptors (Lipinski definition) is 1.